The maximum Gasteiger partial charge on any atom is 0.573 e. The molecule has 3 aromatic rings. The van der Waals surface area contributed by atoms with E-state index in [1.165, 1.54) is 23.3 Å². The van der Waals surface area contributed by atoms with Crippen molar-refractivity contribution in [2.24, 2.45) is 0 Å². The lowest BCUT2D eigenvalue weighted by atomic mass is 9.75. The Kier molecular flexibility index (Phi) is 5.14. The number of aryl methyl sites for hydroxylation is 1. The number of hydrogen-bond donors (Lipinski definition) is 1. The third-order valence-corrected chi connectivity index (χ3v) is 6.25. The Bertz CT molecular complexity index is 1080. The second-order valence-corrected chi connectivity index (χ2v) is 8.11. The average molecular weight is 414 g/mol. The quantitative estimate of drug-likeness (QED) is 0.535. The van der Waals surface area contributed by atoms with Crippen LogP contribution in [0.3, 0.4) is 0 Å². The SMILES string of the molecule is Cc1c(C2=CCC(c3ccccc3)(N(C)C)CC2)[nH]c2ccc(OC(F)(F)F)cc12. The summed E-state index contributed by atoms with van der Waals surface area (Å²) < 4.78 is 41.8. The van der Waals surface area contributed by atoms with Gasteiger partial charge in [-0.2, -0.15) is 0 Å². The standard InChI is InChI=1S/C24H25F3N2O/c1-16-20-15-19(30-24(25,26)27)9-10-21(20)28-22(16)17-11-13-23(14-12-17,29(2)3)18-7-5-4-6-8-18/h4-11,15,28H,12-14H2,1-3H3. The zero-order chi connectivity index (χ0) is 21.5. The van der Waals surface area contributed by atoms with Crippen LogP contribution >= 0.6 is 0 Å². The monoisotopic (exact) mass is 414 g/mol. The van der Waals surface area contributed by atoms with Gasteiger partial charge in [0.25, 0.3) is 0 Å². The van der Waals surface area contributed by atoms with Gasteiger partial charge in [-0.1, -0.05) is 36.4 Å². The summed E-state index contributed by atoms with van der Waals surface area (Å²) in [5, 5.41) is 0.750. The normalized spacial score (nSPS) is 19.9. The van der Waals surface area contributed by atoms with Crippen molar-refractivity contribution in [2.75, 3.05) is 14.1 Å². The molecule has 1 heterocycles. The van der Waals surface area contributed by atoms with Gasteiger partial charge >= 0.3 is 6.36 Å². The van der Waals surface area contributed by atoms with Crippen molar-refractivity contribution in [3.05, 3.63) is 71.4 Å². The first kappa shape index (κ1) is 20.5. The second kappa shape index (κ2) is 7.51. The van der Waals surface area contributed by atoms with Crippen LogP contribution in [0.5, 0.6) is 5.75 Å². The maximum atomic E-state index is 12.6. The summed E-state index contributed by atoms with van der Waals surface area (Å²) in [6.07, 6.45) is 0.289. The van der Waals surface area contributed by atoms with E-state index in [-0.39, 0.29) is 11.3 Å². The zero-order valence-corrected chi connectivity index (χ0v) is 17.3. The molecule has 1 aliphatic rings. The molecule has 0 aliphatic heterocycles. The molecule has 1 aromatic heterocycles. The average Bonchev–Trinajstić information content (AvgIpc) is 3.03. The Morgan fingerprint density at radius 1 is 1.07 bits per heavy atom. The highest BCUT2D eigenvalue weighted by molar-refractivity contribution is 5.90. The zero-order valence-electron chi connectivity index (χ0n) is 17.3. The number of aromatic nitrogens is 1. The fourth-order valence-electron chi connectivity index (χ4n) is 4.56. The molecule has 0 bridgehead atoms. The van der Waals surface area contributed by atoms with Crippen LogP contribution in [0, 0.1) is 6.92 Å². The van der Waals surface area contributed by atoms with E-state index in [1.54, 1.807) is 6.07 Å². The molecule has 6 heteroatoms. The van der Waals surface area contributed by atoms with Gasteiger partial charge in [0.1, 0.15) is 5.75 Å². The summed E-state index contributed by atoms with van der Waals surface area (Å²) in [6.45, 7) is 1.94. The molecular formula is C24H25F3N2O. The number of halogens is 3. The van der Waals surface area contributed by atoms with Crippen molar-refractivity contribution in [3.8, 4) is 5.75 Å². The fourth-order valence-corrected chi connectivity index (χ4v) is 4.56. The predicted molar refractivity (Wildman–Crippen MR) is 113 cm³/mol. The number of alkyl halides is 3. The number of allylic oxidation sites excluding steroid dienone is 1. The predicted octanol–water partition coefficient (Wildman–Crippen LogP) is 6.40. The molecule has 0 saturated carbocycles. The Balaban J connectivity index is 1.67. The minimum absolute atomic E-state index is 0.0571. The Morgan fingerprint density at radius 2 is 1.80 bits per heavy atom. The Morgan fingerprint density at radius 3 is 2.40 bits per heavy atom. The molecular weight excluding hydrogens is 389 g/mol. The van der Waals surface area contributed by atoms with Crippen molar-refractivity contribution >= 4 is 16.5 Å². The molecule has 0 spiro atoms. The van der Waals surface area contributed by atoms with Crippen LogP contribution in [0.4, 0.5) is 13.2 Å². The molecule has 158 valence electrons. The van der Waals surface area contributed by atoms with Gasteiger partial charge in [0, 0.05) is 22.1 Å². The largest absolute Gasteiger partial charge is 0.573 e. The highest BCUT2D eigenvalue weighted by atomic mass is 19.4. The number of H-pyrrole nitrogens is 1. The molecule has 0 fully saturated rings. The van der Waals surface area contributed by atoms with Crippen LogP contribution in [-0.2, 0) is 5.54 Å². The van der Waals surface area contributed by atoms with Gasteiger partial charge in [-0.3, -0.25) is 4.90 Å². The first-order chi connectivity index (χ1) is 14.2. The lowest BCUT2D eigenvalue weighted by Crippen LogP contribution is -2.42. The number of hydrogen-bond acceptors (Lipinski definition) is 2. The van der Waals surface area contributed by atoms with Gasteiger partial charge < -0.3 is 9.72 Å². The number of aromatic amines is 1. The molecule has 1 aliphatic carbocycles. The molecule has 2 aromatic carbocycles. The van der Waals surface area contributed by atoms with Crippen molar-refractivity contribution in [3.63, 3.8) is 0 Å². The third kappa shape index (κ3) is 3.72. The number of benzene rings is 2. The van der Waals surface area contributed by atoms with Gasteiger partial charge in [0.05, 0.1) is 0 Å². The van der Waals surface area contributed by atoms with Crippen LogP contribution in [0.1, 0.15) is 36.1 Å². The van der Waals surface area contributed by atoms with E-state index in [2.05, 4.69) is 59.1 Å². The van der Waals surface area contributed by atoms with Gasteiger partial charge in [-0.15, -0.1) is 13.2 Å². The molecule has 1 N–H and O–H groups in total. The van der Waals surface area contributed by atoms with Crippen molar-refractivity contribution in [1.29, 1.82) is 0 Å². The maximum absolute atomic E-state index is 12.6. The second-order valence-electron chi connectivity index (χ2n) is 8.11. The van der Waals surface area contributed by atoms with Gasteiger partial charge in [0.2, 0.25) is 0 Å². The van der Waals surface area contributed by atoms with Gasteiger partial charge in [-0.25, -0.2) is 0 Å². The number of fused-ring (bicyclic) bond motifs is 1. The van der Waals surface area contributed by atoms with E-state index in [4.69, 9.17) is 0 Å². The van der Waals surface area contributed by atoms with Gasteiger partial charge in [-0.05, 0) is 75.2 Å². The minimum Gasteiger partial charge on any atom is -0.406 e. The van der Waals surface area contributed by atoms with Crippen molar-refractivity contribution < 1.29 is 17.9 Å². The molecule has 0 radical (unpaired) electrons. The van der Waals surface area contributed by atoms with Crippen molar-refractivity contribution in [1.82, 2.24) is 9.88 Å². The smallest absolute Gasteiger partial charge is 0.406 e. The van der Waals surface area contributed by atoms with Crippen LogP contribution in [-0.4, -0.2) is 30.3 Å². The van der Waals surface area contributed by atoms with E-state index < -0.39 is 6.36 Å². The van der Waals surface area contributed by atoms with E-state index in [9.17, 15) is 13.2 Å². The summed E-state index contributed by atoms with van der Waals surface area (Å²) in [4.78, 5) is 5.69. The van der Waals surface area contributed by atoms with E-state index in [0.29, 0.717) is 0 Å². The third-order valence-electron chi connectivity index (χ3n) is 6.25. The topological polar surface area (TPSA) is 28.3 Å². The summed E-state index contributed by atoms with van der Waals surface area (Å²) >= 11 is 0. The first-order valence-corrected chi connectivity index (χ1v) is 10.00. The lowest BCUT2D eigenvalue weighted by Gasteiger charge is -2.43. The van der Waals surface area contributed by atoms with E-state index >= 15 is 0 Å². The summed E-state index contributed by atoms with van der Waals surface area (Å²) in [5.74, 6) is -0.197. The van der Waals surface area contributed by atoms with Crippen LogP contribution in [0.15, 0.2) is 54.6 Å². The number of nitrogens with zero attached hydrogens (tertiary/aromatic N) is 1. The molecule has 0 amide bonds. The number of rotatable bonds is 4. The van der Waals surface area contributed by atoms with Crippen LogP contribution < -0.4 is 4.74 Å². The molecule has 0 saturated heterocycles. The molecule has 3 nitrogen and oxygen atoms in total. The minimum atomic E-state index is -4.69. The van der Waals surface area contributed by atoms with E-state index in [0.717, 1.165) is 41.4 Å². The molecule has 1 atom stereocenters. The Labute approximate surface area is 174 Å². The van der Waals surface area contributed by atoms with Crippen LogP contribution in [0.2, 0.25) is 0 Å². The summed E-state index contributed by atoms with van der Waals surface area (Å²) in [6, 6.07) is 15.0. The van der Waals surface area contributed by atoms with Crippen molar-refractivity contribution in [2.45, 2.75) is 38.1 Å². The highest BCUT2D eigenvalue weighted by Gasteiger charge is 2.36. The van der Waals surface area contributed by atoms with Crippen LogP contribution in [0.25, 0.3) is 16.5 Å². The number of ether oxygens (including phenoxy) is 1. The summed E-state index contributed by atoms with van der Waals surface area (Å²) in [5.41, 5.74) is 5.20. The number of nitrogens with one attached hydrogen (secondary N) is 1. The molecule has 30 heavy (non-hydrogen) atoms. The molecule has 4 rings (SSSR count). The van der Waals surface area contributed by atoms with E-state index in [1.807, 2.05) is 13.0 Å². The first-order valence-electron chi connectivity index (χ1n) is 10.00. The Hall–Kier alpha value is -2.73. The van der Waals surface area contributed by atoms with Gasteiger partial charge in [0.15, 0.2) is 0 Å². The fraction of sp³-hybridized carbons (Fsp3) is 0.333. The summed E-state index contributed by atoms with van der Waals surface area (Å²) in [7, 11) is 4.23. The molecule has 1 unspecified atom stereocenters. The highest BCUT2D eigenvalue weighted by Crippen LogP contribution is 2.43. The lowest BCUT2D eigenvalue weighted by molar-refractivity contribution is -0.274.